The topological polar surface area (TPSA) is 50.7 Å². The third-order valence-corrected chi connectivity index (χ3v) is 3.09. The maximum Gasteiger partial charge on any atom is 0.265 e. The van der Waals surface area contributed by atoms with Gasteiger partial charge in [0.1, 0.15) is 5.82 Å². The Morgan fingerprint density at radius 1 is 1.27 bits per heavy atom. The number of oxime groups is 1. The van der Waals surface area contributed by atoms with Crippen LogP contribution in [0.5, 0.6) is 0 Å². The van der Waals surface area contributed by atoms with Gasteiger partial charge in [0.25, 0.3) is 5.91 Å². The highest BCUT2D eigenvalue weighted by molar-refractivity contribution is 6.35. The molecule has 7 heteroatoms. The molecule has 22 heavy (non-hydrogen) atoms. The zero-order chi connectivity index (χ0) is 15.9. The van der Waals surface area contributed by atoms with Gasteiger partial charge in [-0.25, -0.2) is 4.39 Å². The second kappa shape index (κ2) is 7.77. The average Bonchev–Trinajstić information content (AvgIpc) is 2.48. The van der Waals surface area contributed by atoms with E-state index in [0.717, 1.165) is 0 Å². The Morgan fingerprint density at radius 3 is 2.86 bits per heavy atom. The number of anilines is 1. The first-order chi connectivity index (χ1) is 10.5. The minimum Gasteiger partial charge on any atom is -0.386 e. The van der Waals surface area contributed by atoms with Gasteiger partial charge in [-0.3, -0.25) is 4.79 Å². The van der Waals surface area contributed by atoms with Crippen molar-refractivity contribution in [3.8, 4) is 0 Å². The summed E-state index contributed by atoms with van der Waals surface area (Å²) in [6.45, 7) is -0.311. The maximum absolute atomic E-state index is 12.9. The number of halogens is 3. The van der Waals surface area contributed by atoms with Crippen molar-refractivity contribution in [3.63, 3.8) is 0 Å². The zero-order valence-corrected chi connectivity index (χ0v) is 12.7. The summed E-state index contributed by atoms with van der Waals surface area (Å²) in [5, 5.41) is 6.95. The van der Waals surface area contributed by atoms with E-state index in [0.29, 0.717) is 21.3 Å². The van der Waals surface area contributed by atoms with Crippen LogP contribution in [0.3, 0.4) is 0 Å². The number of benzene rings is 2. The van der Waals surface area contributed by atoms with Crippen molar-refractivity contribution in [3.05, 3.63) is 63.9 Å². The van der Waals surface area contributed by atoms with E-state index < -0.39 is 5.91 Å². The minimum atomic E-state index is -0.444. The van der Waals surface area contributed by atoms with E-state index in [2.05, 4.69) is 10.5 Å². The summed E-state index contributed by atoms with van der Waals surface area (Å²) in [5.41, 5.74) is 0.912. The molecule has 2 rings (SSSR count). The predicted octanol–water partition coefficient (Wildman–Crippen LogP) is 4.12. The summed E-state index contributed by atoms with van der Waals surface area (Å²) in [7, 11) is 0. The van der Waals surface area contributed by atoms with Crippen LogP contribution >= 0.6 is 23.2 Å². The molecule has 2 aromatic rings. The summed E-state index contributed by atoms with van der Waals surface area (Å²) in [6, 6.07) is 10.5. The van der Waals surface area contributed by atoms with E-state index >= 15 is 0 Å². The van der Waals surface area contributed by atoms with Crippen molar-refractivity contribution in [2.45, 2.75) is 0 Å². The van der Waals surface area contributed by atoms with Gasteiger partial charge in [-0.1, -0.05) is 40.5 Å². The molecule has 0 saturated carbocycles. The van der Waals surface area contributed by atoms with Crippen molar-refractivity contribution in [1.29, 1.82) is 0 Å². The van der Waals surface area contributed by atoms with E-state index in [1.165, 1.54) is 24.4 Å². The zero-order valence-electron chi connectivity index (χ0n) is 11.2. The van der Waals surface area contributed by atoms with E-state index in [9.17, 15) is 9.18 Å². The Labute approximate surface area is 136 Å². The van der Waals surface area contributed by atoms with Gasteiger partial charge in [-0.05, 0) is 35.9 Å². The number of nitrogens with one attached hydrogen (secondary N) is 1. The SMILES string of the molecule is O=C(CO/N=C\c1cccc(F)c1)Nc1cc(Cl)ccc1Cl. The fourth-order valence-electron chi connectivity index (χ4n) is 1.56. The molecule has 0 saturated heterocycles. The molecule has 0 fully saturated rings. The molecule has 0 bridgehead atoms. The van der Waals surface area contributed by atoms with E-state index in [4.69, 9.17) is 28.0 Å². The highest BCUT2D eigenvalue weighted by Crippen LogP contribution is 2.25. The van der Waals surface area contributed by atoms with Gasteiger partial charge in [0.15, 0.2) is 6.61 Å². The normalized spacial score (nSPS) is 10.7. The van der Waals surface area contributed by atoms with E-state index in [-0.39, 0.29) is 12.4 Å². The Balaban J connectivity index is 1.84. The lowest BCUT2D eigenvalue weighted by molar-refractivity contribution is -0.120. The van der Waals surface area contributed by atoms with Crippen molar-refractivity contribution in [2.24, 2.45) is 5.16 Å². The quantitative estimate of drug-likeness (QED) is 0.657. The van der Waals surface area contributed by atoms with Crippen LogP contribution in [0.25, 0.3) is 0 Å². The molecule has 1 N–H and O–H groups in total. The minimum absolute atomic E-state index is 0.311. The average molecular weight is 341 g/mol. The van der Waals surface area contributed by atoms with E-state index in [1.54, 1.807) is 24.3 Å². The Bertz CT molecular complexity index is 708. The Hall–Kier alpha value is -2.11. The van der Waals surface area contributed by atoms with Crippen LogP contribution in [-0.2, 0) is 9.63 Å². The van der Waals surface area contributed by atoms with Gasteiger partial charge < -0.3 is 10.2 Å². The lowest BCUT2D eigenvalue weighted by atomic mass is 10.2. The smallest absolute Gasteiger partial charge is 0.265 e. The number of rotatable bonds is 5. The molecule has 0 aliphatic carbocycles. The molecule has 4 nitrogen and oxygen atoms in total. The van der Waals surface area contributed by atoms with Gasteiger partial charge in [-0.2, -0.15) is 0 Å². The molecule has 0 radical (unpaired) electrons. The first-order valence-electron chi connectivity index (χ1n) is 6.20. The monoisotopic (exact) mass is 340 g/mol. The molecule has 0 aliphatic heterocycles. The van der Waals surface area contributed by atoms with Gasteiger partial charge in [-0.15, -0.1) is 0 Å². The third-order valence-electron chi connectivity index (χ3n) is 2.52. The highest BCUT2D eigenvalue weighted by Gasteiger charge is 2.06. The van der Waals surface area contributed by atoms with Crippen LogP contribution in [0, 0.1) is 5.82 Å². The van der Waals surface area contributed by atoms with Crippen LogP contribution < -0.4 is 5.32 Å². The summed E-state index contributed by atoms with van der Waals surface area (Å²) in [5.74, 6) is -0.821. The van der Waals surface area contributed by atoms with Crippen LogP contribution in [0.4, 0.5) is 10.1 Å². The molecule has 0 aliphatic rings. The Morgan fingerprint density at radius 2 is 2.09 bits per heavy atom. The summed E-state index contributed by atoms with van der Waals surface area (Å²) in [4.78, 5) is 16.5. The molecule has 1 amide bonds. The summed E-state index contributed by atoms with van der Waals surface area (Å²) < 4.78 is 12.9. The molecule has 2 aromatic carbocycles. The second-order valence-electron chi connectivity index (χ2n) is 4.24. The number of amides is 1. The largest absolute Gasteiger partial charge is 0.386 e. The molecule has 0 aromatic heterocycles. The van der Waals surface area contributed by atoms with Gasteiger partial charge in [0.05, 0.1) is 16.9 Å². The third kappa shape index (κ3) is 5.02. The molecule has 0 heterocycles. The van der Waals surface area contributed by atoms with Gasteiger partial charge >= 0.3 is 0 Å². The number of hydrogen-bond acceptors (Lipinski definition) is 3. The van der Waals surface area contributed by atoms with Gasteiger partial charge in [0, 0.05) is 5.02 Å². The van der Waals surface area contributed by atoms with Gasteiger partial charge in [0.2, 0.25) is 0 Å². The lowest BCUT2D eigenvalue weighted by Crippen LogP contribution is -2.17. The van der Waals surface area contributed by atoms with Crippen molar-refractivity contribution >= 4 is 41.0 Å². The number of hydrogen-bond donors (Lipinski definition) is 1. The van der Waals surface area contributed by atoms with Crippen molar-refractivity contribution in [1.82, 2.24) is 0 Å². The molecule has 0 atom stereocenters. The molecule has 0 spiro atoms. The summed E-state index contributed by atoms with van der Waals surface area (Å²) >= 11 is 11.7. The second-order valence-corrected chi connectivity index (χ2v) is 5.08. The predicted molar refractivity (Wildman–Crippen MR) is 85.0 cm³/mol. The van der Waals surface area contributed by atoms with Crippen molar-refractivity contribution in [2.75, 3.05) is 11.9 Å². The fraction of sp³-hybridized carbons (Fsp3) is 0.0667. The van der Waals surface area contributed by atoms with Crippen LogP contribution in [0.1, 0.15) is 5.56 Å². The molecule has 0 unspecified atom stereocenters. The number of carbonyl (C=O) groups is 1. The standard InChI is InChI=1S/C15H11Cl2FN2O2/c16-11-4-5-13(17)14(7-11)20-15(21)9-22-19-8-10-2-1-3-12(18)6-10/h1-8H,9H2,(H,20,21)/b19-8-. The Kier molecular flexibility index (Phi) is 5.75. The first-order valence-corrected chi connectivity index (χ1v) is 6.96. The van der Waals surface area contributed by atoms with Crippen LogP contribution in [0.15, 0.2) is 47.6 Å². The summed E-state index contributed by atoms with van der Waals surface area (Å²) in [6.07, 6.45) is 1.31. The lowest BCUT2D eigenvalue weighted by Gasteiger charge is -2.06. The number of nitrogens with zero attached hydrogens (tertiary/aromatic N) is 1. The van der Waals surface area contributed by atoms with E-state index in [1.807, 2.05) is 0 Å². The van der Waals surface area contributed by atoms with Crippen molar-refractivity contribution < 1.29 is 14.0 Å². The van der Waals surface area contributed by atoms with Crippen LogP contribution in [-0.4, -0.2) is 18.7 Å². The molecule has 114 valence electrons. The molecular formula is C15H11Cl2FN2O2. The van der Waals surface area contributed by atoms with Crippen LogP contribution in [0.2, 0.25) is 10.0 Å². The fourth-order valence-corrected chi connectivity index (χ4v) is 1.90. The number of carbonyl (C=O) groups excluding carboxylic acids is 1. The molecular weight excluding hydrogens is 330 g/mol. The highest BCUT2D eigenvalue weighted by atomic mass is 35.5. The first kappa shape index (κ1) is 16.3. The maximum atomic E-state index is 12.9.